The first-order valence-electron chi connectivity index (χ1n) is 9.00. The molecule has 28 heavy (non-hydrogen) atoms. The molecule has 3 aliphatic rings. The second-order valence-corrected chi connectivity index (χ2v) is 10.1. The fourth-order valence-corrected chi connectivity index (χ4v) is 6.85. The number of hydrogen-bond donors (Lipinski definition) is 1. The number of carboxylic acid groups (broad SMARTS) is 1. The lowest BCUT2D eigenvalue weighted by Crippen LogP contribution is -2.40. The first-order chi connectivity index (χ1) is 13.1. The van der Waals surface area contributed by atoms with Crippen LogP contribution >= 0.6 is 11.6 Å². The van der Waals surface area contributed by atoms with Crippen LogP contribution < -0.4 is 0 Å². The molecular weight excluding hydrogens is 411 g/mol. The van der Waals surface area contributed by atoms with Gasteiger partial charge in [0, 0.05) is 31.5 Å². The summed E-state index contributed by atoms with van der Waals surface area (Å²) in [5.74, 6) is -0.0101. The smallest absolute Gasteiger partial charge is 0.290 e. The van der Waals surface area contributed by atoms with E-state index in [9.17, 15) is 12.8 Å². The Bertz CT molecular complexity index is 852. The highest BCUT2D eigenvalue weighted by atomic mass is 35.5. The topological polar surface area (TPSA) is 87.2 Å². The number of nitrogens with zero attached hydrogens (tertiary/aromatic N) is 2. The van der Waals surface area contributed by atoms with Crippen molar-refractivity contribution in [3.63, 3.8) is 0 Å². The quantitative estimate of drug-likeness (QED) is 0.728. The number of carbonyl (C=O) groups is 1. The number of hydrogen-bond acceptors (Lipinski definition) is 5. The zero-order valence-electron chi connectivity index (χ0n) is 15.7. The molecule has 4 rings (SSSR count). The molecule has 0 aromatic heterocycles. The summed E-state index contributed by atoms with van der Waals surface area (Å²) in [6.45, 7) is 1.43. The summed E-state index contributed by atoms with van der Waals surface area (Å²) in [5, 5.41) is 6.81. The number of ether oxygens (including phenoxy) is 1. The Morgan fingerprint density at radius 1 is 1.46 bits per heavy atom. The molecule has 0 amide bonds. The molecule has 156 valence electrons. The molecule has 3 aliphatic heterocycles. The van der Waals surface area contributed by atoms with Gasteiger partial charge < -0.3 is 14.7 Å². The van der Waals surface area contributed by atoms with Crippen LogP contribution in [-0.4, -0.2) is 74.6 Å². The largest absolute Gasteiger partial charge is 0.483 e. The summed E-state index contributed by atoms with van der Waals surface area (Å²) >= 11 is 6.00. The molecule has 0 saturated carbocycles. The highest BCUT2D eigenvalue weighted by molar-refractivity contribution is 7.89. The van der Waals surface area contributed by atoms with Crippen molar-refractivity contribution in [3.05, 3.63) is 29.0 Å². The van der Waals surface area contributed by atoms with Gasteiger partial charge in [0.2, 0.25) is 10.0 Å². The van der Waals surface area contributed by atoms with Crippen LogP contribution in [0.15, 0.2) is 23.1 Å². The van der Waals surface area contributed by atoms with Crippen molar-refractivity contribution < 1.29 is 27.4 Å². The fraction of sp³-hybridized carbons (Fsp3) is 0.611. The molecule has 0 unspecified atom stereocenters. The average molecular weight is 435 g/mol. The molecule has 4 atom stereocenters. The zero-order chi connectivity index (χ0) is 20.7. The van der Waals surface area contributed by atoms with Crippen molar-refractivity contribution in [2.45, 2.75) is 29.4 Å². The molecule has 7 nitrogen and oxygen atoms in total. The molecule has 0 aliphatic carbocycles. The number of sulfonamides is 1. The minimum atomic E-state index is -3.77. The van der Waals surface area contributed by atoms with E-state index in [1.807, 2.05) is 14.1 Å². The van der Waals surface area contributed by atoms with Crippen LogP contribution in [0.2, 0.25) is 5.02 Å². The van der Waals surface area contributed by atoms with Crippen LogP contribution in [-0.2, 0) is 19.6 Å². The molecule has 1 aromatic rings. The van der Waals surface area contributed by atoms with Crippen molar-refractivity contribution in [1.29, 1.82) is 0 Å². The highest BCUT2D eigenvalue weighted by Gasteiger charge is 2.64. The summed E-state index contributed by atoms with van der Waals surface area (Å²) in [6, 6.07) is 3.42. The third-order valence-electron chi connectivity index (χ3n) is 5.84. The SMILES string of the molecule is CN(C)C[C@H]1[C@@H]2CC[C@@]3(CN(S(=O)(=O)c4ccc(F)cc4Cl)C[C@@H]13)O2.O=CO. The normalized spacial score (nSPS) is 31.5. The van der Waals surface area contributed by atoms with Gasteiger partial charge in [-0.05, 0) is 45.1 Å². The van der Waals surface area contributed by atoms with Crippen molar-refractivity contribution >= 4 is 28.1 Å². The summed E-state index contributed by atoms with van der Waals surface area (Å²) in [6.07, 6.45) is 2.11. The van der Waals surface area contributed by atoms with Gasteiger partial charge in [-0.25, -0.2) is 12.8 Å². The zero-order valence-corrected chi connectivity index (χ0v) is 17.3. The van der Waals surface area contributed by atoms with Crippen LogP contribution in [0.1, 0.15) is 12.8 Å². The van der Waals surface area contributed by atoms with E-state index in [0.717, 1.165) is 31.5 Å². The van der Waals surface area contributed by atoms with E-state index >= 15 is 0 Å². The first-order valence-corrected chi connectivity index (χ1v) is 10.8. The van der Waals surface area contributed by atoms with Crippen LogP contribution in [0.3, 0.4) is 0 Å². The maximum atomic E-state index is 13.3. The lowest BCUT2D eigenvalue weighted by atomic mass is 9.73. The Hall–Kier alpha value is -1.26. The minimum Gasteiger partial charge on any atom is -0.483 e. The van der Waals surface area contributed by atoms with Crippen molar-refractivity contribution in [3.8, 4) is 0 Å². The van der Waals surface area contributed by atoms with Gasteiger partial charge in [0.05, 0.1) is 16.7 Å². The Labute approximate surface area is 169 Å². The van der Waals surface area contributed by atoms with E-state index in [1.54, 1.807) is 0 Å². The molecule has 3 saturated heterocycles. The molecular formula is C18H24ClFN2O5S. The second-order valence-electron chi connectivity index (χ2n) is 7.77. The van der Waals surface area contributed by atoms with E-state index < -0.39 is 15.8 Å². The van der Waals surface area contributed by atoms with Crippen molar-refractivity contribution in [2.75, 3.05) is 33.7 Å². The summed E-state index contributed by atoms with van der Waals surface area (Å²) < 4.78 is 47.1. The van der Waals surface area contributed by atoms with E-state index in [-0.39, 0.29) is 34.0 Å². The third-order valence-corrected chi connectivity index (χ3v) is 8.13. The van der Waals surface area contributed by atoms with E-state index in [2.05, 4.69) is 4.90 Å². The highest BCUT2D eigenvalue weighted by Crippen LogP contribution is 2.55. The maximum absolute atomic E-state index is 13.3. The number of fused-ring (bicyclic) bond motifs is 1. The Morgan fingerprint density at radius 3 is 2.75 bits per heavy atom. The molecule has 2 bridgehead atoms. The summed E-state index contributed by atoms with van der Waals surface area (Å²) in [4.78, 5) is 10.5. The van der Waals surface area contributed by atoms with Gasteiger partial charge >= 0.3 is 0 Å². The number of benzene rings is 1. The van der Waals surface area contributed by atoms with Crippen molar-refractivity contribution in [1.82, 2.24) is 9.21 Å². The monoisotopic (exact) mass is 434 g/mol. The second kappa shape index (κ2) is 7.87. The standard InChI is InChI=1S/C17H22ClFN2O3S.CH2O2/c1-20(2)8-12-13-9-21(10-17(13)6-5-15(12)24-17)25(22,23)16-4-3-11(19)7-14(16)18;2-1-3/h3-4,7,12-13,15H,5-6,8-10H2,1-2H3;1H,(H,2,3)/t12-,13+,15+,17+;/m1./s1. The Kier molecular flexibility index (Phi) is 6.03. The van der Waals surface area contributed by atoms with Gasteiger partial charge in [-0.3, -0.25) is 4.79 Å². The van der Waals surface area contributed by atoms with E-state index in [0.29, 0.717) is 19.0 Å². The lowest BCUT2D eigenvalue weighted by Gasteiger charge is -2.31. The van der Waals surface area contributed by atoms with E-state index in [4.69, 9.17) is 26.2 Å². The number of halogens is 2. The number of rotatable bonds is 4. The van der Waals surface area contributed by atoms with Gasteiger partial charge in [0.1, 0.15) is 10.7 Å². The molecule has 1 spiro atoms. The first kappa shape index (κ1) is 21.4. The van der Waals surface area contributed by atoms with Crippen LogP contribution in [0.5, 0.6) is 0 Å². The Morgan fingerprint density at radius 2 is 2.14 bits per heavy atom. The molecule has 1 aromatic carbocycles. The van der Waals surface area contributed by atoms with Gasteiger partial charge in [-0.2, -0.15) is 4.31 Å². The predicted molar refractivity (Wildman–Crippen MR) is 101 cm³/mol. The molecule has 10 heteroatoms. The predicted octanol–water partition coefficient (Wildman–Crippen LogP) is 1.91. The fourth-order valence-electron chi connectivity index (χ4n) is 4.82. The van der Waals surface area contributed by atoms with Crippen LogP contribution in [0, 0.1) is 17.7 Å². The van der Waals surface area contributed by atoms with Crippen LogP contribution in [0.4, 0.5) is 4.39 Å². The molecule has 3 fully saturated rings. The third kappa shape index (κ3) is 3.66. The minimum absolute atomic E-state index is 0.0364. The van der Waals surface area contributed by atoms with Gasteiger partial charge in [0.25, 0.3) is 6.47 Å². The van der Waals surface area contributed by atoms with Crippen LogP contribution in [0.25, 0.3) is 0 Å². The molecule has 1 N–H and O–H groups in total. The molecule has 0 radical (unpaired) electrons. The van der Waals surface area contributed by atoms with Gasteiger partial charge in [-0.1, -0.05) is 11.6 Å². The van der Waals surface area contributed by atoms with Gasteiger partial charge in [0.15, 0.2) is 0 Å². The lowest BCUT2D eigenvalue weighted by molar-refractivity contribution is -0.122. The summed E-state index contributed by atoms with van der Waals surface area (Å²) in [7, 11) is 0.288. The van der Waals surface area contributed by atoms with Gasteiger partial charge in [-0.15, -0.1) is 0 Å². The van der Waals surface area contributed by atoms with Crippen molar-refractivity contribution in [2.24, 2.45) is 11.8 Å². The average Bonchev–Trinajstić information content (AvgIpc) is 3.25. The summed E-state index contributed by atoms with van der Waals surface area (Å²) in [5.41, 5.74) is -0.370. The molecule has 3 heterocycles. The van der Waals surface area contributed by atoms with E-state index in [1.165, 1.54) is 10.4 Å². The Balaban J connectivity index is 0.000000706. The maximum Gasteiger partial charge on any atom is 0.290 e.